The Kier molecular flexibility index (Phi) is 6.60. The number of aromatic nitrogens is 1. The molecule has 1 N–H and O–H groups in total. The van der Waals surface area contributed by atoms with Crippen molar-refractivity contribution >= 4 is 27.4 Å². The van der Waals surface area contributed by atoms with Crippen LogP contribution in [0.25, 0.3) is 0 Å². The number of morpholine rings is 1. The molecule has 0 spiro atoms. The number of Topliss-reactive ketones (excluding diaryl/α,β-unsaturated/α-hetero) is 1. The van der Waals surface area contributed by atoms with E-state index in [4.69, 9.17) is 4.74 Å². The minimum atomic E-state index is -3.70. The van der Waals surface area contributed by atoms with Crippen molar-refractivity contribution in [1.82, 2.24) is 14.2 Å². The molecule has 10 heteroatoms. The number of rotatable bonds is 5. The molecule has 2 saturated heterocycles. The molecule has 1 aromatic heterocycles. The number of carbonyl (C=O) groups excluding carboxylic acids is 2. The van der Waals surface area contributed by atoms with Crippen LogP contribution in [0.5, 0.6) is 0 Å². The highest BCUT2D eigenvalue weighted by atomic mass is 32.2. The van der Waals surface area contributed by atoms with Gasteiger partial charge in [-0.1, -0.05) is 0 Å². The van der Waals surface area contributed by atoms with Crippen molar-refractivity contribution in [3.05, 3.63) is 46.8 Å². The Bertz CT molecular complexity index is 1140. The molecule has 0 aliphatic carbocycles. The van der Waals surface area contributed by atoms with Gasteiger partial charge in [0.05, 0.1) is 13.2 Å². The number of amides is 1. The van der Waals surface area contributed by atoms with Crippen molar-refractivity contribution in [2.75, 3.05) is 57.4 Å². The summed E-state index contributed by atoms with van der Waals surface area (Å²) in [6, 6.07) is 7.48. The average Bonchev–Trinajstić information content (AvgIpc) is 3.13. The molecule has 9 nitrogen and oxygen atoms in total. The Balaban J connectivity index is 1.47. The number of piperazine rings is 1. The van der Waals surface area contributed by atoms with Gasteiger partial charge in [-0.15, -0.1) is 0 Å². The number of hydrogen-bond acceptors (Lipinski definition) is 6. The molecular weight excluding hydrogens is 444 g/mol. The molecule has 2 aliphatic heterocycles. The van der Waals surface area contributed by atoms with Crippen LogP contribution in [0.1, 0.15) is 39.0 Å². The summed E-state index contributed by atoms with van der Waals surface area (Å²) in [5.74, 6) is -0.158. The van der Waals surface area contributed by atoms with Crippen molar-refractivity contribution in [3.8, 4) is 0 Å². The van der Waals surface area contributed by atoms with Crippen molar-refractivity contribution in [2.45, 2.75) is 25.7 Å². The van der Waals surface area contributed by atoms with Crippen molar-refractivity contribution < 1.29 is 22.7 Å². The molecule has 178 valence electrons. The number of carbonyl (C=O) groups is 2. The van der Waals surface area contributed by atoms with Gasteiger partial charge in [0, 0.05) is 56.2 Å². The fourth-order valence-electron chi connectivity index (χ4n) is 4.48. The van der Waals surface area contributed by atoms with Gasteiger partial charge in [0.2, 0.25) is 10.0 Å². The van der Waals surface area contributed by atoms with Crippen LogP contribution in [0, 0.1) is 13.8 Å². The molecule has 0 bridgehead atoms. The number of ketones is 1. The summed E-state index contributed by atoms with van der Waals surface area (Å²) in [5, 5.41) is 0. The number of hydrogen-bond donors (Lipinski definition) is 1. The van der Waals surface area contributed by atoms with E-state index in [9.17, 15) is 18.0 Å². The zero-order valence-electron chi connectivity index (χ0n) is 19.3. The van der Waals surface area contributed by atoms with E-state index in [-0.39, 0.29) is 16.6 Å². The van der Waals surface area contributed by atoms with Gasteiger partial charge in [-0.3, -0.25) is 9.59 Å². The van der Waals surface area contributed by atoms with Gasteiger partial charge < -0.3 is 19.5 Å². The predicted molar refractivity (Wildman–Crippen MR) is 124 cm³/mol. The van der Waals surface area contributed by atoms with Crippen LogP contribution in [0.4, 0.5) is 5.69 Å². The fourth-order valence-corrected chi connectivity index (χ4v) is 6.30. The third-order valence-corrected chi connectivity index (χ3v) is 8.53. The highest BCUT2D eigenvalue weighted by Crippen LogP contribution is 2.28. The van der Waals surface area contributed by atoms with Gasteiger partial charge in [-0.25, -0.2) is 8.42 Å². The molecule has 0 saturated carbocycles. The highest BCUT2D eigenvalue weighted by molar-refractivity contribution is 7.89. The van der Waals surface area contributed by atoms with E-state index in [0.717, 1.165) is 5.69 Å². The predicted octanol–water partition coefficient (Wildman–Crippen LogP) is 1.82. The lowest BCUT2D eigenvalue weighted by Gasteiger charge is -2.36. The maximum Gasteiger partial charge on any atom is 0.270 e. The van der Waals surface area contributed by atoms with Gasteiger partial charge in [0.15, 0.2) is 5.78 Å². The second kappa shape index (κ2) is 9.28. The summed E-state index contributed by atoms with van der Waals surface area (Å²) in [5.41, 5.74) is 2.96. The van der Waals surface area contributed by atoms with Gasteiger partial charge in [-0.05, 0) is 50.6 Å². The first-order valence-corrected chi connectivity index (χ1v) is 12.6. The Labute approximate surface area is 194 Å². The second-order valence-corrected chi connectivity index (χ2v) is 10.4. The van der Waals surface area contributed by atoms with E-state index < -0.39 is 10.0 Å². The van der Waals surface area contributed by atoms with E-state index in [1.807, 2.05) is 24.3 Å². The molecule has 1 aromatic carbocycles. The van der Waals surface area contributed by atoms with E-state index in [1.165, 1.54) is 4.31 Å². The maximum atomic E-state index is 13.3. The van der Waals surface area contributed by atoms with E-state index >= 15 is 0 Å². The van der Waals surface area contributed by atoms with Crippen LogP contribution in [0.2, 0.25) is 0 Å². The summed E-state index contributed by atoms with van der Waals surface area (Å²) in [7, 11) is -3.70. The third-order valence-electron chi connectivity index (χ3n) is 6.36. The Morgan fingerprint density at radius 1 is 0.939 bits per heavy atom. The number of benzene rings is 1. The summed E-state index contributed by atoms with van der Waals surface area (Å²) in [6.07, 6.45) is 0. The number of aryl methyl sites for hydroxylation is 1. The molecule has 0 unspecified atom stereocenters. The van der Waals surface area contributed by atoms with Crippen LogP contribution in [-0.2, 0) is 14.8 Å². The average molecular weight is 475 g/mol. The van der Waals surface area contributed by atoms with Crippen LogP contribution >= 0.6 is 0 Å². The van der Waals surface area contributed by atoms with Crippen molar-refractivity contribution in [1.29, 1.82) is 0 Å². The van der Waals surface area contributed by atoms with Crippen LogP contribution in [-0.4, -0.2) is 86.8 Å². The topological polar surface area (TPSA) is 103 Å². The van der Waals surface area contributed by atoms with E-state index in [1.54, 1.807) is 25.7 Å². The number of nitrogens with one attached hydrogen (secondary N) is 1. The summed E-state index contributed by atoms with van der Waals surface area (Å²) in [6.45, 7) is 8.65. The van der Waals surface area contributed by atoms with Crippen LogP contribution in [0.3, 0.4) is 0 Å². The molecule has 2 fully saturated rings. The lowest BCUT2D eigenvalue weighted by molar-refractivity contribution is 0.0729. The Morgan fingerprint density at radius 3 is 2.12 bits per heavy atom. The van der Waals surface area contributed by atoms with Crippen molar-refractivity contribution in [3.63, 3.8) is 0 Å². The largest absolute Gasteiger partial charge is 0.379 e. The van der Waals surface area contributed by atoms with Gasteiger partial charge in [0.1, 0.15) is 10.6 Å². The molecule has 2 aromatic rings. The lowest BCUT2D eigenvalue weighted by Crippen LogP contribution is -2.49. The number of H-pyrrole nitrogens is 1. The molecule has 0 radical (unpaired) electrons. The highest BCUT2D eigenvalue weighted by Gasteiger charge is 2.34. The summed E-state index contributed by atoms with van der Waals surface area (Å²) in [4.78, 5) is 31.9. The second-order valence-electron chi connectivity index (χ2n) is 8.48. The monoisotopic (exact) mass is 474 g/mol. The number of ether oxygens (including phenoxy) is 1. The summed E-state index contributed by atoms with van der Waals surface area (Å²) >= 11 is 0. The molecule has 2 aliphatic rings. The molecule has 3 heterocycles. The zero-order valence-corrected chi connectivity index (χ0v) is 20.1. The normalized spacial score (nSPS) is 17.9. The number of aromatic amines is 1. The minimum absolute atomic E-state index is 0.0311. The zero-order chi connectivity index (χ0) is 23.8. The number of nitrogens with zero attached hydrogens (tertiary/aromatic N) is 3. The van der Waals surface area contributed by atoms with E-state index in [0.29, 0.717) is 75.0 Å². The first-order valence-electron chi connectivity index (χ1n) is 11.1. The molecule has 1 amide bonds. The van der Waals surface area contributed by atoms with E-state index in [2.05, 4.69) is 9.88 Å². The van der Waals surface area contributed by atoms with Crippen molar-refractivity contribution in [2.24, 2.45) is 0 Å². The number of anilines is 1. The molecule has 33 heavy (non-hydrogen) atoms. The van der Waals surface area contributed by atoms with Crippen LogP contribution in [0.15, 0.2) is 29.2 Å². The van der Waals surface area contributed by atoms with Crippen LogP contribution < -0.4 is 4.90 Å². The summed E-state index contributed by atoms with van der Waals surface area (Å²) < 4.78 is 33.1. The SMILES string of the molecule is CC(=O)c1ccc(N2CCN(C(=O)c3[nH]c(C)c(S(=O)(=O)N4CCOCC4)c3C)CC2)cc1. The van der Waals surface area contributed by atoms with Gasteiger partial charge in [0.25, 0.3) is 5.91 Å². The quantitative estimate of drug-likeness (QED) is 0.663. The standard InChI is InChI=1S/C23H30N4O5S/c1-16-21(24-17(2)22(16)33(30,31)27-12-14-32-15-13-27)23(29)26-10-8-25(9-11-26)20-6-4-19(5-7-20)18(3)28/h4-7,24H,8-15H2,1-3H3. The Hall–Kier alpha value is -2.69. The molecular formula is C23H30N4O5S. The molecule has 4 rings (SSSR count). The first-order chi connectivity index (χ1) is 15.7. The molecule has 0 atom stereocenters. The Morgan fingerprint density at radius 2 is 1.55 bits per heavy atom. The maximum absolute atomic E-state index is 13.3. The first kappa shape index (κ1) is 23.5. The minimum Gasteiger partial charge on any atom is -0.379 e. The van der Waals surface area contributed by atoms with Gasteiger partial charge >= 0.3 is 0 Å². The lowest BCUT2D eigenvalue weighted by atomic mass is 10.1. The number of sulfonamides is 1. The van der Waals surface area contributed by atoms with Gasteiger partial charge in [-0.2, -0.15) is 4.31 Å². The smallest absolute Gasteiger partial charge is 0.270 e. The fraction of sp³-hybridized carbons (Fsp3) is 0.478. The third kappa shape index (κ3) is 4.55.